The molecule has 12 heteroatoms. The molecule has 0 aliphatic carbocycles. The zero-order valence-electron chi connectivity index (χ0n) is 15.5. The van der Waals surface area contributed by atoms with Crippen molar-refractivity contribution in [2.45, 2.75) is 6.92 Å². The van der Waals surface area contributed by atoms with Crippen LogP contribution in [0.1, 0.15) is 15.4 Å². The smallest absolute Gasteiger partial charge is 0.281 e. The first-order chi connectivity index (χ1) is 13.9. The molecule has 0 bridgehead atoms. The van der Waals surface area contributed by atoms with Gasteiger partial charge in [0.2, 0.25) is 0 Å². The fourth-order valence-electron chi connectivity index (χ4n) is 2.52. The second kappa shape index (κ2) is 9.30. The standard InChI is InChI=1S/C17H19N5O6S/c1-11-15(29-17(18-11)21-6-8-27-9-7-21)16(24)20-19-14(23)10-28-13-4-2-12(3-5-13)22(25)26/h2-5H,6-10H2,1H3,(H,19,23)(H,20,24). The number of hydrazine groups is 1. The van der Waals surface area contributed by atoms with Crippen LogP contribution in [-0.4, -0.2) is 54.6 Å². The van der Waals surface area contributed by atoms with E-state index in [9.17, 15) is 19.7 Å². The van der Waals surface area contributed by atoms with Gasteiger partial charge in [-0.1, -0.05) is 11.3 Å². The molecule has 2 aromatic rings. The minimum Gasteiger partial charge on any atom is -0.484 e. The van der Waals surface area contributed by atoms with Crippen LogP contribution < -0.4 is 20.5 Å². The molecule has 1 aromatic heterocycles. The lowest BCUT2D eigenvalue weighted by atomic mass is 10.3. The van der Waals surface area contributed by atoms with Gasteiger partial charge >= 0.3 is 0 Å². The van der Waals surface area contributed by atoms with Crippen molar-refractivity contribution < 1.29 is 24.0 Å². The maximum absolute atomic E-state index is 12.3. The highest BCUT2D eigenvalue weighted by Gasteiger charge is 2.20. The van der Waals surface area contributed by atoms with Gasteiger partial charge in [0.1, 0.15) is 10.6 Å². The highest BCUT2D eigenvalue weighted by atomic mass is 32.1. The van der Waals surface area contributed by atoms with Crippen LogP contribution in [0, 0.1) is 17.0 Å². The van der Waals surface area contributed by atoms with Crippen LogP contribution in [0.15, 0.2) is 24.3 Å². The first kappa shape index (κ1) is 20.5. The summed E-state index contributed by atoms with van der Waals surface area (Å²) in [7, 11) is 0. The van der Waals surface area contributed by atoms with Crippen LogP contribution >= 0.6 is 11.3 Å². The fourth-order valence-corrected chi connectivity index (χ4v) is 3.53. The average Bonchev–Trinajstić information content (AvgIpc) is 3.13. The molecular formula is C17H19N5O6S. The molecule has 0 unspecified atom stereocenters. The van der Waals surface area contributed by atoms with Gasteiger partial charge in [-0.05, 0) is 19.1 Å². The van der Waals surface area contributed by atoms with Gasteiger partial charge in [-0.2, -0.15) is 0 Å². The number of ether oxygens (including phenoxy) is 2. The monoisotopic (exact) mass is 421 g/mol. The zero-order valence-corrected chi connectivity index (χ0v) is 16.4. The summed E-state index contributed by atoms with van der Waals surface area (Å²) in [6.07, 6.45) is 0. The molecule has 1 fully saturated rings. The SMILES string of the molecule is Cc1nc(N2CCOCC2)sc1C(=O)NNC(=O)COc1ccc([N+](=O)[O-])cc1. The van der Waals surface area contributed by atoms with Crippen LogP contribution in [0.2, 0.25) is 0 Å². The number of carbonyl (C=O) groups is 2. The number of thiazole rings is 1. The van der Waals surface area contributed by atoms with E-state index in [0.717, 1.165) is 5.13 Å². The number of benzene rings is 1. The highest BCUT2D eigenvalue weighted by molar-refractivity contribution is 7.17. The Morgan fingerprint density at radius 3 is 2.62 bits per heavy atom. The van der Waals surface area contributed by atoms with Crippen molar-refractivity contribution in [2.75, 3.05) is 37.8 Å². The van der Waals surface area contributed by atoms with E-state index >= 15 is 0 Å². The van der Waals surface area contributed by atoms with Gasteiger partial charge < -0.3 is 14.4 Å². The minimum atomic E-state index is -0.577. The third kappa shape index (κ3) is 5.39. The quantitative estimate of drug-likeness (QED) is 0.522. The number of nitrogens with one attached hydrogen (secondary N) is 2. The van der Waals surface area contributed by atoms with Crippen molar-refractivity contribution in [3.8, 4) is 5.75 Å². The molecule has 1 aromatic carbocycles. The van der Waals surface area contributed by atoms with E-state index in [4.69, 9.17) is 9.47 Å². The third-order valence-electron chi connectivity index (χ3n) is 4.01. The van der Waals surface area contributed by atoms with Gasteiger partial charge in [0.15, 0.2) is 11.7 Å². The number of nitro groups is 1. The van der Waals surface area contributed by atoms with Gasteiger partial charge in [0.25, 0.3) is 17.5 Å². The van der Waals surface area contributed by atoms with Crippen LogP contribution in [0.4, 0.5) is 10.8 Å². The van der Waals surface area contributed by atoms with E-state index in [1.807, 2.05) is 0 Å². The van der Waals surface area contributed by atoms with Crippen molar-refractivity contribution in [1.29, 1.82) is 0 Å². The molecule has 1 aliphatic rings. The number of hydrogen-bond donors (Lipinski definition) is 2. The van der Waals surface area contributed by atoms with E-state index in [1.165, 1.54) is 35.6 Å². The number of aryl methyl sites for hydroxylation is 1. The third-order valence-corrected chi connectivity index (χ3v) is 5.22. The molecule has 0 spiro atoms. The van der Waals surface area contributed by atoms with Gasteiger partial charge in [0.05, 0.1) is 23.8 Å². The van der Waals surface area contributed by atoms with E-state index < -0.39 is 16.7 Å². The average molecular weight is 421 g/mol. The van der Waals surface area contributed by atoms with Gasteiger partial charge in [-0.15, -0.1) is 0 Å². The lowest BCUT2D eigenvalue weighted by molar-refractivity contribution is -0.384. The van der Waals surface area contributed by atoms with Gasteiger partial charge in [-0.3, -0.25) is 30.6 Å². The molecular weight excluding hydrogens is 402 g/mol. The van der Waals surface area contributed by atoms with Crippen LogP contribution in [0.25, 0.3) is 0 Å². The van der Waals surface area contributed by atoms with Gasteiger partial charge in [0, 0.05) is 25.2 Å². The van der Waals surface area contributed by atoms with Crippen molar-refractivity contribution in [3.05, 3.63) is 45.0 Å². The summed E-state index contributed by atoms with van der Waals surface area (Å²) in [5, 5.41) is 11.3. The van der Waals surface area contributed by atoms with Gasteiger partial charge in [-0.25, -0.2) is 4.98 Å². The lowest BCUT2D eigenvalue weighted by Crippen LogP contribution is -2.43. The Balaban J connectivity index is 1.48. The minimum absolute atomic E-state index is 0.0783. The largest absolute Gasteiger partial charge is 0.484 e. The Kier molecular flexibility index (Phi) is 6.57. The number of aromatic nitrogens is 1. The second-order valence-electron chi connectivity index (χ2n) is 6.05. The summed E-state index contributed by atoms with van der Waals surface area (Å²) < 4.78 is 10.5. The van der Waals surface area contributed by atoms with E-state index in [0.29, 0.717) is 42.6 Å². The van der Waals surface area contributed by atoms with Crippen molar-refractivity contribution >= 4 is 34.0 Å². The first-order valence-electron chi connectivity index (χ1n) is 8.70. The fraction of sp³-hybridized carbons (Fsp3) is 0.353. The maximum atomic E-state index is 12.3. The zero-order chi connectivity index (χ0) is 20.8. The maximum Gasteiger partial charge on any atom is 0.281 e. The number of rotatable bonds is 6. The molecule has 29 heavy (non-hydrogen) atoms. The Hall–Kier alpha value is -3.25. The van der Waals surface area contributed by atoms with Crippen LogP contribution in [-0.2, 0) is 9.53 Å². The molecule has 1 saturated heterocycles. The second-order valence-corrected chi connectivity index (χ2v) is 7.03. The molecule has 0 atom stereocenters. The molecule has 2 N–H and O–H groups in total. The lowest BCUT2D eigenvalue weighted by Gasteiger charge is -2.25. The summed E-state index contributed by atoms with van der Waals surface area (Å²) >= 11 is 1.25. The predicted octanol–water partition coefficient (Wildman–Crippen LogP) is 1.04. The number of hydrogen-bond acceptors (Lipinski definition) is 9. The number of anilines is 1. The molecule has 154 valence electrons. The molecule has 0 radical (unpaired) electrons. The van der Waals surface area contributed by atoms with Crippen molar-refractivity contribution in [2.24, 2.45) is 0 Å². The number of carbonyl (C=O) groups excluding carboxylic acids is 2. The van der Waals surface area contributed by atoms with Crippen molar-refractivity contribution in [3.63, 3.8) is 0 Å². The first-order valence-corrected chi connectivity index (χ1v) is 9.52. The Bertz CT molecular complexity index is 894. The topological polar surface area (TPSA) is 136 Å². The number of morpholine rings is 1. The summed E-state index contributed by atoms with van der Waals surface area (Å²) in [5.41, 5.74) is 5.10. The molecule has 2 amide bonds. The normalized spacial score (nSPS) is 13.6. The molecule has 0 saturated carbocycles. The number of amides is 2. The molecule has 3 rings (SSSR count). The van der Waals surface area contributed by atoms with Crippen molar-refractivity contribution in [1.82, 2.24) is 15.8 Å². The summed E-state index contributed by atoms with van der Waals surface area (Å²) in [6.45, 7) is 4.03. The Morgan fingerprint density at radius 1 is 1.28 bits per heavy atom. The Labute approximate surface area is 169 Å². The van der Waals surface area contributed by atoms with E-state index in [-0.39, 0.29) is 12.3 Å². The highest BCUT2D eigenvalue weighted by Crippen LogP contribution is 2.26. The summed E-state index contributed by atoms with van der Waals surface area (Å²) in [5.74, 6) is -0.749. The number of nitro benzene ring substituents is 1. The predicted molar refractivity (Wildman–Crippen MR) is 104 cm³/mol. The molecule has 2 heterocycles. The Morgan fingerprint density at radius 2 is 1.97 bits per heavy atom. The van der Waals surface area contributed by atoms with E-state index in [2.05, 4.69) is 20.7 Å². The summed E-state index contributed by atoms with van der Waals surface area (Å²) in [4.78, 5) is 41.2. The molecule has 11 nitrogen and oxygen atoms in total. The number of non-ortho nitro benzene ring substituents is 1. The van der Waals surface area contributed by atoms with Crippen LogP contribution in [0.3, 0.4) is 0 Å². The van der Waals surface area contributed by atoms with E-state index in [1.54, 1.807) is 6.92 Å². The van der Waals surface area contributed by atoms with Crippen LogP contribution in [0.5, 0.6) is 5.75 Å². The summed E-state index contributed by atoms with van der Waals surface area (Å²) in [6, 6.07) is 5.32. The number of nitrogens with zero attached hydrogens (tertiary/aromatic N) is 3. The molecule has 1 aliphatic heterocycles.